The van der Waals surface area contributed by atoms with Crippen LogP contribution in [0.3, 0.4) is 0 Å². The third-order valence-electron chi connectivity index (χ3n) is 3.28. The molecule has 3 heteroatoms. The molecule has 2 rings (SSSR count). The number of carbonyl (C=O) groups excluding carboxylic acids is 1. The Labute approximate surface area is 109 Å². The van der Waals surface area contributed by atoms with Crippen molar-refractivity contribution in [3.63, 3.8) is 0 Å². The molecule has 1 N–H and O–H groups in total. The fraction of sp³-hybridized carbons (Fsp3) is 0.533. The van der Waals surface area contributed by atoms with Gasteiger partial charge < -0.3 is 10.1 Å². The third-order valence-corrected chi connectivity index (χ3v) is 3.28. The molecule has 0 bridgehead atoms. The molecule has 1 aromatic carbocycles. The van der Waals surface area contributed by atoms with Gasteiger partial charge in [-0.2, -0.15) is 0 Å². The Hall–Kier alpha value is -1.51. The highest BCUT2D eigenvalue weighted by Crippen LogP contribution is 2.17. The van der Waals surface area contributed by atoms with Crippen LogP contribution in [-0.2, 0) is 4.79 Å². The first-order valence-electron chi connectivity index (χ1n) is 6.82. The first-order chi connectivity index (χ1) is 8.84. The molecule has 1 aromatic rings. The van der Waals surface area contributed by atoms with E-state index in [0.29, 0.717) is 19.1 Å². The zero-order valence-corrected chi connectivity index (χ0v) is 10.7. The minimum absolute atomic E-state index is 0.165. The number of amides is 1. The lowest BCUT2D eigenvalue weighted by Gasteiger charge is -2.11. The van der Waals surface area contributed by atoms with Gasteiger partial charge in [0.2, 0.25) is 5.91 Å². The molecule has 0 aromatic heterocycles. The molecular weight excluding hydrogens is 226 g/mol. The second-order valence-electron chi connectivity index (χ2n) is 4.81. The lowest BCUT2D eigenvalue weighted by molar-refractivity contribution is -0.122. The molecule has 98 valence electrons. The molecule has 1 fully saturated rings. The van der Waals surface area contributed by atoms with Crippen molar-refractivity contribution in [2.45, 2.75) is 44.6 Å². The molecular formula is C15H21NO2. The van der Waals surface area contributed by atoms with Gasteiger partial charge in [-0.3, -0.25) is 4.79 Å². The Kier molecular flexibility index (Phi) is 5.06. The summed E-state index contributed by atoms with van der Waals surface area (Å²) < 4.78 is 5.55. The number of hydrogen-bond acceptors (Lipinski definition) is 2. The van der Waals surface area contributed by atoms with E-state index in [0.717, 1.165) is 25.0 Å². The molecule has 1 amide bonds. The number of ether oxygens (including phenoxy) is 1. The van der Waals surface area contributed by atoms with Gasteiger partial charge in [-0.25, -0.2) is 0 Å². The predicted octanol–water partition coefficient (Wildman–Crippen LogP) is 2.90. The number of carbonyl (C=O) groups is 1. The first kappa shape index (κ1) is 12.9. The number of nitrogens with one attached hydrogen (secondary N) is 1. The average molecular weight is 247 g/mol. The van der Waals surface area contributed by atoms with Crippen molar-refractivity contribution >= 4 is 5.91 Å². The molecule has 0 radical (unpaired) electrons. The van der Waals surface area contributed by atoms with E-state index in [2.05, 4.69) is 5.32 Å². The van der Waals surface area contributed by atoms with E-state index >= 15 is 0 Å². The van der Waals surface area contributed by atoms with Crippen LogP contribution in [0.15, 0.2) is 30.3 Å². The summed E-state index contributed by atoms with van der Waals surface area (Å²) >= 11 is 0. The molecule has 1 aliphatic carbocycles. The number of para-hydroxylation sites is 1. The van der Waals surface area contributed by atoms with Crippen LogP contribution in [0.4, 0.5) is 0 Å². The van der Waals surface area contributed by atoms with E-state index in [-0.39, 0.29) is 5.91 Å². The monoisotopic (exact) mass is 247 g/mol. The molecule has 3 nitrogen and oxygen atoms in total. The zero-order chi connectivity index (χ0) is 12.6. The van der Waals surface area contributed by atoms with Gasteiger partial charge >= 0.3 is 0 Å². The quantitative estimate of drug-likeness (QED) is 0.785. The predicted molar refractivity (Wildman–Crippen MR) is 71.6 cm³/mol. The lowest BCUT2D eigenvalue weighted by Crippen LogP contribution is -2.32. The molecule has 0 aliphatic heterocycles. The van der Waals surface area contributed by atoms with Crippen molar-refractivity contribution in [2.75, 3.05) is 6.61 Å². The van der Waals surface area contributed by atoms with Crippen molar-refractivity contribution in [3.05, 3.63) is 30.3 Å². The van der Waals surface area contributed by atoms with Crippen LogP contribution in [0.2, 0.25) is 0 Å². The maximum absolute atomic E-state index is 11.6. The maximum Gasteiger partial charge on any atom is 0.220 e. The van der Waals surface area contributed by atoms with E-state index in [4.69, 9.17) is 4.74 Å². The number of rotatable bonds is 6. The van der Waals surface area contributed by atoms with Gasteiger partial charge in [0.15, 0.2) is 0 Å². The number of benzene rings is 1. The second-order valence-corrected chi connectivity index (χ2v) is 4.81. The highest BCUT2D eigenvalue weighted by molar-refractivity contribution is 5.76. The van der Waals surface area contributed by atoms with Crippen molar-refractivity contribution < 1.29 is 9.53 Å². The Morgan fingerprint density at radius 1 is 1.22 bits per heavy atom. The van der Waals surface area contributed by atoms with Gasteiger partial charge in [0.25, 0.3) is 0 Å². The van der Waals surface area contributed by atoms with Gasteiger partial charge in [0.05, 0.1) is 6.61 Å². The summed E-state index contributed by atoms with van der Waals surface area (Å²) in [6.07, 6.45) is 6.12. The van der Waals surface area contributed by atoms with Gasteiger partial charge in [0, 0.05) is 12.5 Å². The minimum atomic E-state index is 0.165. The summed E-state index contributed by atoms with van der Waals surface area (Å²) in [5.74, 6) is 1.03. The largest absolute Gasteiger partial charge is 0.494 e. The normalized spacial score (nSPS) is 15.6. The first-order valence-corrected chi connectivity index (χ1v) is 6.82. The summed E-state index contributed by atoms with van der Waals surface area (Å²) in [7, 11) is 0. The lowest BCUT2D eigenvalue weighted by atomic mass is 10.2. The zero-order valence-electron chi connectivity index (χ0n) is 10.7. The Balaban J connectivity index is 1.56. The van der Waals surface area contributed by atoms with E-state index < -0.39 is 0 Å². The van der Waals surface area contributed by atoms with Crippen molar-refractivity contribution in [1.29, 1.82) is 0 Å². The maximum atomic E-state index is 11.6. The van der Waals surface area contributed by atoms with E-state index in [9.17, 15) is 4.79 Å². The molecule has 0 atom stereocenters. The Bertz CT molecular complexity index is 358. The van der Waals surface area contributed by atoms with Crippen LogP contribution in [0.1, 0.15) is 38.5 Å². The van der Waals surface area contributed by atoms with E-state index in [1.165, 1.54) is 12.8 Å². The number of hydrogen-bond donors (Lipinski definition) is 1. The van der Waals surface area contributed by atoms with Crippen LogP contribution in [-0.4, -0.2) is 18.6 Å². The van der Waals surface area contributed by atoms with E-state index in [1.54, 1.807) is 0 Å². The molecule has 0 saturated heterocycles. The minimum Gasteiger partial charge on any atom is -0.494 e. The molecule has 18 heavy (non-hydrogen) atoms. The van der Waals surface area contributed by atoms with Gasteiger partial charge in [0.1, 0.15) is 5.75 Å². The fourth-order valence-corrected chi connectivity index (χ4v) is 2.31. The SMILES string of the molecule is O=C(CCCOc1ccccc1)NC1CCCC1. The second kappa shape index (κ2) is 7.04. The van der Waals surface area contributed by atoms with Crippen LogP contribution in [0.5, 0.6) is 5.75 Å². The topological polar surface area (TPSA) is 38.3 Å². The third kappa shape index (κ3) is 4.40. The average Bonchev–Trinajstić information content (AvgIpc) is 2.89. The van der Waals surface area contributed by atoms with Crippen LogP contribution >= 0.6 is 0 Å². The Morgan fingerprint density at radius 3 is 2.67 bits per heavy atom. The van der Waals surface area contributed by atoms with Gasteiger partial charge in [-0.15, -0.1) is 0 Å². The smallest absolute Gasteiger partial charge is 0.220 e. The summed E-state index contributed by atoms with van der Waals surface area (Å²) in [6.45, 7) is 0.599. The van der Waals surface area contributed by atoms with Gasteiger partial charge in [-0.05, 0) is 31.4 Å². The molecule has 1 saturated carbocycles. The summed E-state index contributed by atoms with van der Waals surface area (Å²) in [5, 5.41) is 3.08. The van der Waals surface area contributed by atoms with E-state index in [1.807, 2.05) is 30.3 Å². The standard InChI is InChI=1S/C15H21NO2/c17-15(16-13-7-4-5-8-13)11-6-12-18-14-9-2-1-3-10-14/h1-3,9-10,13H,4-8,11-12H2,(H,16,17). The van der Waals surface area contributed by atoms with Crippen LogP contribution < -0.4 is 10.1 Å². The van der Waals surface area contributed by atoms with Crippen LogP contribution in [0.25, 0.3) is 0 Å². The molecule has 0 spiro atoms. The fourth-order valence-electron chi connectivity index (χ4n) is 2.31. The summed E-state index contributed by atoms with van der Waals surface area (Å²) in [5.41, 5.74) is 0. The Morgan fingerprint density at radius 2 is 1.94 bits per heavy atom. The molecule has 1 aliphatic rings. The molecule has 0 heterocycles. The van der Waals surface area contributed by atoms with Gasteiger partial charge in [-0.1, -0.05) is 31.0 Å². The highest BCUT2D eigenvalue weighted by Gasteiger charge is 2.16. The summed E-state index contributed by atoms with van der Waals surface area (Å²) in [6, 6.07) is 10.1. The highest BCUT2D eigenvalue weighted by atomic mass is 16.5. The summed E-state index contributed by atoms with van der Waals surface area (Å²) in [4.78, 5) is 11.6. The van der Waals surface area contributed by atoms with Crippen molar-refractivity contribution in [1.82, 2.24) is 5.32 Å². The van der Waals surface area contributed by atoms with Crippen molar-refractivity contribution in [3.8, 4) is 5.75 Å². The van der Waals surface area contributed by atoms with Crippen LogP contribution in [0, 0.1) is 0 Å². The van der Waals surface area contributed by atoms with Crippen molar-refractivity contribution in [2.24, 2.45) is 0 Å². The molecule has 0 unspecified atom stereocenters.